The lowest BCUT2D eigenvalue weighted by Gasteiger charge is -2.47. The van der Waals surface area contributed by atoms with Gasteiger partial charge < -0.3 is 15.0 Å². The highest BCUT2D eigenvalue weighted by Crippen LogP contribution is 2.46. The first-order valence-electron chi connectivity index (χ1n) is 12.8. The molecule has 1 spiro atoms. The molecule has 0 bridgehead atoms. The molecule has 3 atom stereocenters. The summed E-state index contributed by atoms with van der Waals surface area (Å²) in [7, 11) is 0. The summed E-state index contributed by atoms with van der Waals surface area (Å²) in [5, 5.41) is 3.72. The van der Waals surface area contributed by atoms with Gasteiger partial charge in [0.15, 0.2) is 0 Å². The van der Waals surface area contributed by atoms with Gasteiger partial charge in [0, 0.05) is 40.6 Å². The van der Waals surface area contributed by atoms with E-state index in [4.69, 9.17) is 42.5 Å². The van der Waals surface area contributed by atoms with Crippen molar-refractivity contribution in [2.24, 2.45) is 10.4 Å². The van der Waals surface area contributed by atoms with Crippen LogP contribution in [0.4, 0.5) is 0 Å². The zero-order chi connectivity index (χ0) is 29.0. The van der Waals surface area contributed by atoms with E-state index in [1.807, 2.05) is 30.9 Å². The standard InChI is InChI=1S/C28H33Cl2N3O3.CO2/c1-6-31-25(34)19-9-7-18(8-10-19)17(2)33-26(35)24(20-13-21(29)15-22(30)14-20)32-28(33)11-12-36-23(16-28)27(3,4)5;2-1-3/h7-10,13-15,17,23H,6,11-12,16H2,1-5H3,(H,31,34);/t17-,23?,28?;/m1./s1. The van der Waals surface area contributed by atoms with Crippen LogP contribution in [-0.4, -0.2) is 53.5 Å². The Kier molecular flexibility index (Phi) is 9.73. The molecule has 2 aromatic carbocycles. The predicted molar refractivity (Wildman–Crippen MR) is 149 cm³/mol. The maximum atomic E-state index is 14.0. The van der Waals surface area contributed by atoms with E-state index in [0.717, 1.165) is 5.56 Å². The first-order valence-corrected chi connectivity index (χ1v) is 13.5. The smallest absolute Gasteiger partial charge is 0.373 e. The summed E-state index contributed by atoms with van der Waals surface area (Å²) in [5.74, 6) is -0.283. The third-order valence-electron chi connectivity index (χ3n) is 7.01. The topological polar surface area (TPSA) is 105 Å². The Morgan fingerprint density at radius 3 is 2.31 bits per heavy atom. The molecular weight excluding hydrogens is 541 g/mol. The summed E-state index contributed by atoms with van der Waals surface area (Å²) in [4.78, 5) is 49.5. The van der Waals surface area contributed by atoms with E-state index in [-0.39, 0.29) is 35.5 Å². The van der Waals surface area contributed by atoms with Gasteiger partial charge >= 0.3 is 6.15 Å². The van der Waals surface area contributed by atoms with Gasteiger partial charge in [-0.25, -0.2) is 0 Å². The second-order valence-corrected chi connectivity index (χ2v) is 11.6. The molecule has 208 valence electrons. The molecule has 2 heterocycles. The van der Waals surface area contributed by atoms with Crippen LogP contribution in [0.1, 0.15) is 75.0 Å². The van der Waals surface area contributed by atoms with E-state index in [2.05, 4.69) is 26.1 Å². The van der Waals surface area contributed by atoms with Crippen LogP contribution < -0.4 is 5.32 Å². The largest absolute Gasteiger partial charge is 0.377 e. The molecular formula is C29H33Cl2N3O5. The highest BCUT2D eigenvalue weighted by molar-refractivity contribution is 6.47. The maximum Gasteiger partial charge on any atom is 0.373 e. The van der Waals surface area contributed by atoms with Gasteiger partial charge in [0.25, 0.3) is 11.8 Å². The van der Waals surface area contributed by atoms with Gasteiger partial charge in [-0.15, -0.1) is 0 Å². The van der Waals surface area contributed by atoms with E-state index in [0.29, 0.717) is 52.9 Å². The molecule has 0 aliphatic carbocycles. The average molecular weight is 575 g/mol. The minimum Gasteiger partial charge on any atom is -0.377 e. The zero-order valence-electron chi connectivity index (χ0n) is 22.7. The zero-order valence-corrected chi connectivity index (χ0v) is 24.2. The number of rotatable bonds is 5. The number of amides is 2. The SMILES string of the molecule is CCNC(=O)c1ccc([C@@H](C)N2C(=O)C(c3cc(Cl)cc(Cl)c3)=NC23CCOC(C(C)(C)C)C3)cc1.O=C=O. The molecule has 10 heteroatoms. The van der Waals surface area contributed by atoms with Crippen LogP contribution in [0, 0.1) is 5.41 Å². The van der Waals surface area contributed by atoms with E-state index >= 15 is 0 Å². The number of aliphatic imine (C=N–C) groups is 1. The first kappa shape index (κ1) is 30.5. The highest BCUT2D eigenvalue weighted by atomic mass is 35.5. The third kappa shape index (κ3) is 6.76. The Hall–Kier alpha value is -3.03. The molecule has 1 saturated heterocycles. The fourth-order valence-corrected chi connectivity index (χ4v) is 5.58. The second-order valence-electron chi connectivity index (χ2n) is 10.7. The van der Waals surface area contributed by atoms with Crippen molar-refractivity contribution in [2.45, 2.75) is 65.3 Å². The molecule has 2 aliphatic rings. The van der Waals surface area contributed by atoms with E-state index in [1.165, 1.54) is 0 Å². The van der Waals surface area contributed by atoms with Gasteiger partial charge in [-0.1, -0.05) is 56.1 Å². The number of hydrogen-bond acceptors (Lipinski definition) is 6. The maximum absolute atomic E-state index is 14.0. The summed E-state index contributed by atoms with van der Waals surface area (Å²) in [6.45, 7) is 11.4. The van der Waals surface area contributed by atoms with Crippen molar-refractivity contribution in [1.82, 2.24) is 10.2 Å². The van der Waals surface area contributed by atoms with Gasteiger partial charge in [0.2, 0.25) is 0 Å². The summed E-state index contributed by atoms with van der Waals surface area (Å²) in [6, 6.07) is 12.2. The number of ether oxygens (including phenoxy) is 1. The number of hydrogen-bond donors (Lipinski definition) is 1. The minimum atomic E-state index is -0.755. The monoisotopic (exact) mass is 573 g/mol. The number of halogens is 2. The van der Waals surface area contributed by atoms with Crippen molar-refractivity contribution in [3.63, 3.8) is 0 Å². The molecule has 1 N–H and O–H groups in total. The summed E-state index contributed by atoms with van der Waals surface area (Å²) < 4.78 is 6.15. The molecule has 0 aromatic heterocycles. The minimum absolute atomic E-state index is 0.0695. The Bertz CT molecular complexity index is 1260. The second kappa shape index (κ2) is 12.4. The summed E-state index contributed by atoms with van der Waals surface area (Å²) in [5.41, 5.74) is 1.61. The lowest BCUT2D eigenvalue weighted by atomic mass is 9.80. The van der Waals surface area contributed by atoms with Gasteiger partial charge in [-0.3, -0.25) is 14.6 Å². The van der Waals surface area contributed by atoms with Crippen molar-refractivity contribution in [2.75, 3.05) is 13.2 Å². The third-order valence-corrected chi connectivity index (χ3v) is 7.44. The van der Waals surface area contributed by atoms with Gasteiger partial charge in [-0.05, 0) is 55.2 Å². The van der Waals surface area contributed by atoms with Gasteiger partial charge in [-0.2, -0.15) is 9.59 Å². The molecule has 2 unspecified atom stereocenters. The summed E-state index contributed by atoms with van der Waals surface area (Å²) in [6.07, 6.45) is 1.35. The van der Waals surface area contributed by atoms with E-state index in [1.54, 1.807) is 30.3 Å². The molecule has 8 nitrogen and oxygen atoms in total. The first-order chi connectivity index (χ1) is 18.4. The number of carbonyl (C=O) groups excluding carboxylic acids is 4. The molecule has 39 heavy (non-hydrogen) atoms. The molecule has 1 fully saturated rings. The van der Waals surface area contributed by atoms with Crippen LogP contribution >= 0.6 is 23.2 Å². The molecule has 2 aromatic rings. The number of nitrogens with zero attached hydrogens (tertiary/aromatic N) is 2. The van der Waals surface area contributed by atoms with E-state index in [9.17, 15) is 9.59 Å². The average Bonchev–Trinajstić information content (AvgIpc) is 3.14. The van der Waals surface area contributed by atoms with Crippen molar-refractivity contribution >= 4 is 46.9 Å². The van der Waals surface area contributed by atoms with Gasteiger partial charge in [0.05, 0.1) is 18.8 Å². The molecule has 4 rings (SSSR count). The fourth-order valence-electron chi connectivity index (χ4n) is 5.05. The van der Waals surface area contributed by atoms with Crippen molar-refractivity contribution in [1.29, 1.82) is 0 Å². The Labute approximate surface area is 238 Å². The Morgan fingerprint density at radius 2 is 1.77 bits per heavy atom. The number of nitrogens with one attached hydrogen (secondary N) is 1. The molecule has 0 radical (unpaired) electrons. The van der Waals surface area contributed by atoms with Crippen LogP contribution in [0.25, 0.3) is 0 Å². The normalized spacial score (nSPS) is 21.5. The highest BCUT2D eigenvalue weighted by Gasteiger charge is 2.53. The van der Waals surface area contributed by atoms with Gasteiger partial charge in [0.1, 0.15) is 11.4 Å². The van der Waals surface area contributed by atoms with Crippen molar-refractivity contribution in [3.8, 4) is 0 Å². The fraction of sp³-hybridized carbons (Fsp3) is 0.448. The van der Waals surface area contributed by atoms with Crippen molar-refractivity contribution in [3.05, 3.63) is 69.2 Å². The molecule has 2 aliphatic heterocycles. The lowest BCUT2D eigenvalue weighted by Crippen LogP contribution is -2.55. The van der Waals surface area contributed by atoms with Crippen LogP contribution in [0.15, 0.2) is 47.5 Å². The Morgan fingerprint density at radius 1 is 1.18 bits per heavy atom. The number of benzene rings is 2. The quantitative estimate of drug-likeness (QED) is 0.510. The number of carbonyl (C=O) groups is 2. The molecule has 0 saturated carbocycles. The Balaban J connectivity index is 0.00000134. The summed E-state index contributed by atoms with van der Waals surface area (Å²) >= 11 is 12.6. The lowest BCUT2D eigenvalue weighted by molar-refractivity contribution is -0.191. The van der Waals surface area contributed by atoms with Crippen LogP contribution in [-0.2, 0) is 19.1 Å². The van der Waals surface area contributed by atoms with Crippen LogP contribution in [0.5, 0.6) is 0 Å². The van der Waals surface area contributed by atoms with Crippen LogP contribution in [0.3, 0.4) is 0 Å². The van der Waals surface area contributed by atoms with E-state index < -0.39 is 5.66 Å². The predicted octanol–water partition coefficient (Wildman–Crippen LogP) is 5.47. The molecule has 2 amide bonds. The van der Waals surface area contributed by atoms with Crippen LogP contribution in [0.2, 0.25) is 10.0 Å². The van der Waals surface area contributed by atoms with Crippen molar-refractivity contribution < 1.29 is 23.9 Å².